The van der Waals surface area contributed by atoms with Crippen LogP contribution in [-0.4, -0.2) is 13.1 Å². The Morgan fingerprint density at radius 2 is 2.14 bits per heavy atom. The molecule has 0 heterocycles. The summed E-state index contributed by atoms with van der Waals surface area (Å²) in [5, 5.41) is 0. The number of rotatable bonds is 2. The number of carbonyl (C=O) groups is 1. The zero-order valence-corrected chi connectivity index (χ0v) is 7.51. The predicted molar refractivity (Wildman–Crippen MR) is 46.5 cm³/mol. The topological polar surface area (TPSA) is 52.3 Å². The molecule has 0 spiro atoms. The van der Waals surface area contributed by atoms with Gasteiger partial charge in [-0.05, 0) is 12.1 Å². The van der Waals surface area contributed by atoms with Crippen LogP contribution in [0.3, 0.4) is 0 Å². The van der Waals surface area contributed by atoms with E-state index in [-0.39, 0.29) is 17.7 Å². The lowest BCUT2D eigenvalue weighted by molar-refractivity contribution is -0.139. The molecule has 14 heavy (non-hydrogen) atoms. The second kappa shape index (κ2) is 4.04. The number of nitrogen functional groups attached to an aromatic ring is 1. The van der Waals surface area contributed by atoms with Crippen LogP contribution in [0, 0.1) is 11.6 Å². The van der Waals surface area contributed by atoms with Crippen molar-refractivity contribution in [3.63, 3.8) is 0 Å². The minimum Gasteiger partial charge on any atom is -0.469 e. The van der Waals surface area contributed by atoms with Crippen molar-refractivity contribution in [3.8, 4) is 0 Å². The van der Waals surface area contributed by atoms with Gasteiger partial charge in [-0.1, -0.05) is 0 Å². The van der Waals surface area contributed by atoms with Gasteiger partial charge >= 0.3 is 5.97 Å². The van der Waals surface area contributed by atoms with E-state index >= 15 is 0 Å². The van der Waals surface area contributed by atoms with E-state index in [2.05, 4.69) is 4.74 Å². The quantitative estimate of drug-likeness (QED) is 0.579. The van der Waals surface area contributed by atoms with Crippen LogP contribution in [-0.2, 0) is 16.0 Å². The first-order valence-corrected chi connectivity index (χ1v) is 3.85. The molecule has 0 amide bonds. The third-order valence-corrected chi connectivity index (χ3v) is 1.78. The number of hydrogen-bond acceptors (Lipinski definition) is 3. The van der Waals surface area contributed by atoms with Gasteiger partial charge in [0.25, 0.3) is 0 Å². The highest BCUT2D eigenvalue weighted by molar-refractivity contribution is 5.74. The average molecular weight is 201 g/mol. The van der Waals surface area contributed by atoms with Crippen LogP contribution < -0.4 is 5.73 Å². The van der Waals surface area contributed by atoms with E-state index in [9.17, 15) is 13.6 Å². The molecule has 0 saturated heterocycles. The van der Waals surface area contributed by atoms with E-state index in [1.165, 1.54) is 6.07 Å². The van der Waals surface area contributed by atoms with Gasteiger partial charge in [0.15, 0.2) is 11.6 Å². The van der Waals surface area contributed by atoms with Crippen LogP contribution in [0.4, 0.5) is 14.5 Å². The van der Waals surface area contributed by atoms with E-state index in [0.29, 0.717) is 0 Å². The van der Waals surface area contributed by atoms with Crippen LogP contribution in [0.5, 0.6) is 0 Å². The Bertz CT molecular complexity index is 366. The smallest absolute Gasteiger partial charge is 0.310 e. The molecule has 76 valence electrons. The van der Waals surface area contributed by atoms with Gasteiger partial charge in [0.1, 0.15) is 0 Å². The van der Waals surface area contributed by atoms with E-state index in [4.69, 9.17) is 5.73 Å². The highest BCUT2D eigenvalue weighted by Crippen LogP contribution is 2.19. The Hall–Kier alpha value is -1.65. The Morgan fingerprint density at radius 3 is 2.71 bits per heavy atom. The molecule has 3 nitrogen and oxygen atoms in total. The molecule has 0 aromatic heterocycles. The largest absolute Gasteiger partial charge is 0.469 e. The second-order valence-electron chi connectivity index (χ2n) is 2.68. The summed E-state index contributed by atoms with van der Waals surface area (Å²) in [5.41, 5.74) is 5.25. The summed E-state index contributed by atoms with van der Waals surface area (Å²) in [4.78, 5) is 10.8. The van der Waals surface area contributed by atoms with Crippen LogP contribution in [0.2, 0.25) is 0 Å². The van der Waals surface area contributed by atoms with Crippen molar-refractivity contribution < 1.29 is 18.3 Å². The van der Waals surface area contributed by atoms with Crippen molar-refractivity contribution >= 4 is 11.7 Å². The molecular formula is C9H9F2NO2. The number of hydrogen-bond donors (Lipinski definition) is 1. The maximum Gasteiger partial charge on any atom is 0.310 e. The molecule has 1 aromatic carbocycles. The van der Waals surface area contributed by atoms with Crippen molar-refractivity contribution in [3.05, 3.63) is 29.3 Å². The summed E-state index contributed by atoms with van der Waals surface area (Å²) in [7, 11) is 1.16. The normalized spacial score (nSPS) is 9.93. The number of anilines is 1. The maximum absolute atomic E-state index is 13.1. The molecular weight excluding hydrogens is 192 g/mol. The third-order valence-electron chi connectivity index (χ3n) is 1.78. The van der Waals surface area contributed by atoms with Crippen molar-refractivity contribution in [1.29, 1.82) is 0 Å². The van der Waals surface area contributed by atoms with E-state index in [1.807, 2.05) is 0 Å². The fourth-order valence-electron chi connectivity index (χ4n) is 1.00. The van der Waals surface area contributed by atoms with Gasteiger partial charge in [0.05, 0.1) is 13.5 Å². The third kappa shape index (κ3) is 1.99. The lowest BCUT2D eigenvalue weighted by atomic mass is 10.1. The number of halogens is 2. The van der Waals surface area contributed by atoms with Crippen molar-refractivity contribution in [2.45, 2.75) is 6.42 Å². The Morgan fingerprint density at radius 1 is 1.50 bits per heavy atom. The molecule has 0 fully saturated rings. The first-order valence-electron chi connectivity index (χ1n) is 3.85. The Kier molecular flexibility index (Phi) is 3.01. The van der Waals surface area contributed by atoms with Crippen LogP contribution >= 0.6 is 0 Å². The first-order chi connectivity index (χ1) is 6.56. The standard InChI is InChI=1S/C9H9F2NO2/c1-14-8(13)4-5-7(12)3-2-6(10)9(5)11/h2-3H,4,12H2,1H3. The Labute approximate surface area is 79.5 Å². The molecule has 1 rings (SSSR count). The predicted octanol–water partition coefficient (Wildman–Crippen LogP) is 1.26. The van der Waals surface area contributed by atoms with Crippen LogP contribution in [0.25, 0.3) is 0 Å². The number of methoxy groups -OCH3 is 1. The zero-order chi connectivity index (χ0) is 10.7. The highest BCUT2D eigenvalue weighted by atomic mass is 19.2. The molecule has 0 aliphatic heterocycles. The lowest BCUT2D eigenvalue weighted by Crippen LogP contribution is -2.09. The van der Waals surface area contributed by atoms with E-state index in [1.54, 1.807) is 0 Å². The maximum atomic E-state index is 13.1. The molecule has 2 N–H and O–H groups in total. The van der Waals surface area contributed by atoms with Gasteiger partial charge in [-0.15, -0.1) is 0 Å². The summed E-state index contributed by atoms with van der Waals surface area (Å²) < 4.78 is 30.1. The van der Waals surface area contributed by atoms with Gasteiger partial charge in [-0.3, -0.25) is 4.79 Å². The first kappa shape index (κ1) is 10.4. The molecule has 0 bridgehead atoms. The number of nitrogens with two attached hydrogens (primary N) is 1. The van der Waals surface area contributed by atoms with E-state index < -0.39 is 17.6 Å². The molecule has 0 aliphatic carbocycles. The summed E-state index contributed by atoms with van der Waals surface area (Å²) >= 11 is 0. The summed E-state index contributed by atoms with van der Waals surface area (Å²) in [6.45, 7) is 0. The Balaban J connectivity index is 3.06. The molecule has 0 atom stereocenters. The summed E-state index contributed by atoms with van der Waals surface area (Å²) in [5.74, 6) is -2.80. The molecule has 0 saturated carbocycles. The number of benzene rings is 1. The summed E-state index contributed by atoms with van der Waals surface area (Å²) in [6, 6.07) is 2.11. The van der Waals surface area contributed by atoms with Crippen LogP contribution in [0.15, 0.2) is 12.1 Å². The molecule has 0 aliphatic rings. The monoisotopic (exact) mass is 201 g/mol. The lowest BCUT2D eigenvalue weighted by Gasteiger charge is -2.06. The zero-order valence-electron chi connectivity index (χ0n) is 7.51. The second-order valence-corrected chi connectivity index (χ2v) is 2.68. The van der Waals surface area contributed by atoms with Crippen molar-refractivity contribution in [2.24, 2.45) is 0 Å². The molecule has 5 heteroatoms. The number of esters is 1. The van der Waals surface area contributed by atoms with Gasteiger partial charge in [0.2, 0.25) is 0 Å². The molecule has 0 radical (unpaired) electrons. The van der Waals surface area contributed by atoms with Gasteiger partial charge in [-0.2, -0.15) is 0 Å². The number of ether oxygens (including phenoxy) is 1. The van der Waals surface area contributed by atoms with Crippen molar-refractivity contribution in [1.82, 2.24) is 0 Å². The minimum atomic E-state index is -1.10. The highest BCUT2D eigenvalue weighted by Gasteiger charge is 2.15. The molecule has 0 unspecified atom stereocenters. The van der Waals surface area contributed by atoms with Gasteiger partial charge in [0, 0.05) is 11.3 Å². The fraction of sp³-hybridized carbons (Fsp3) is 0.222. The minimum absolute atomic E-state index is 0.0364. The average Bonchev–Trinajstić information content (AvgIpc) is 2.18. The molecule has 1 aromatic rings. The van der Waals surface area contributed by atoms with E-state index in [0.717, 1.165) is 13.2 Å². The van der Waals surface area contributed by atoms with Crippen molar-refractivity contribution in [2.75, 3.05) is 12.8 Å². The van der Waals surface area contributed by atoms with Crippen LogP contribution in [0.1, 0.15) is 5.56 Å². The fourth-order valence-corrected chi connectivity index (χ4v) is 1.00. The summed E-state index contributed by atoms with van der Waals surface area (Å²) in [6.07, 6.45) is -0.369. The van der Waals surface area contributed by atoms with Gasteiger partial charge < -0.3 is 10.5 Å². The number of carbonyl (C=O) groups excluding carboxylic acids is 1. The van der Waals surface area contributed by atoms with Gasteiger partial charge in [-0.25, -0.2) is 8.78 Å². The SMILES string of the molecule is COC(=O)Cc1c(N)ccc(F)c1F.